The third-order valence-electron chi connectivity index (χ3n) is 5.37. The van der Waals surface area contributed by atoms with Crippen LogP contribution in [0.5, 0.6) is 0 Å². The minimum Gasteiger partial charge on any atom is -0.337 e. The summed E-state index contributed by atoms with van der Waals surface area (Å²) in [5, 5.41) is 5.44. The van der Waals surface area contributed by atoms with E-state index in [1.54, 1.807) is 11.0 Å². The van der Waals surface area contributed by atoms with Gasteiger partial charge in [0, 0.05) is 37.1 Å². The molecule has 0 radical (unpaired) electrons. The van der Waals surface area contributed by atoms with E-state index in [4.69, 9.17) is 11.6 Å². The first-order valence-corrected chi connectivity index (χ1v) is 11.6. The molecule has 0 saturated carbocycles. The Labute approximate surface area is 185 Å². The summed E-state index contributed by atoms with van der Waals surface area (Å²) in [6, 6.07) is -0.167. The molecule has 1 aromatic heterocycles. The standard InChI is InChI=1S/C22H25ClN4O2S/c23-18-9-7-17(8-10-18)20(28)26-11-4-12-27(14-13-26)22(29)25-21-24-19(15-30-21)16-5-2-1-3-6-16/h2,5-9,15,18H,1,3-4,10-14H2,(H,24,25,29). The van der Waals surface area contributed by atoms with Gasteiger partial charge in [-0.3, -0.25) is 10.1 Å². The zero-order valence-corrected chi connectivity index (χ0v) is 18.3. The quantitative estimate of drug-likeness (QED) is 0.701. The predicted octanol–water partition coefficient (Wildman–Crippen LogP) is 4.44. The van der Waals surface area contributed by atoms with E-state index in [1.807, 2.05) is 22.4 Å². The Balaban J connectivity index is 1.32. The number of amides is 3. The second-order valence-corrected chi connectivity index (χ2v) is 8.93. The fourth-order valence-electron chi connectivity index (χ4n) is 3.70. The molecule has 1 aliphatic heterocycles. The van der Waals surface area contributed by atoms with E-state index in [0.717, 1.165) is 30.5 Å². The number of hydrogen-bond acceptors (Lipinski definition) is 4. The molecule has 0 spiro atoms. The van der Waals surface area contributed by atoms with Gasteiger partial charge in [0.2, 0.25) is 0 Å². The van der Waals surface area contributed by atoms with Crippen LogP contribution < -0.4 is 5.32 Å². The van der Waals surface area contributed by atoms with Crippen molar-refractivity contribution in [2.45, 2.75) is 31.1 Å². The van der Waals surface area contributed by atoms with E-state index in [-0.39, 0.29) is 17.3 Å². The summed E-state index contributed by atoms with van der Waals surface area (Å²) < 4.78 is 0. The van der Waals surface area contributed by atoms with Crippen molar-refractivity contribution in [1.82, 2.24) is 14.8 Å². The molecule has 158 valence electrons. The average molecular weight is 445 g/mol. The van der Waals surface area contributed by atoms with Gasteiger partial charge in [-0.15, -0.1) is 22.9 Å². The first-order chi connectivity index (χ1) is 14.6. The van der Waals surface area contributed by atoms with Gasteiger partial charge < -0.3 is 9.80 Å². The molecule has 1 fully saturated rings. The first kappa shape index (κ1) is 20.9. The highest BCUT2D eigenvalue weighted by Crippen LogP contribution is 2.25. The molecular weight excluding hydrogens is 420 g/mol. The number of rotatable bonds is 3. The van der Waals surface area contributed by atoms with Gasteiger partial charge in [-0.05, 0) is 31.3 Å². The summed E-state index contributed by atoms with van der Waals surface area (Å²) in [5.41, 5.74) is 2.69. The Hall–Kier alpha value is -2.38. The summed E-state index contributed by atoms with van der Waals surface area (Å²) in [6.07, 6.45) is 15.4. The summed E-state index contributed by atoms with van der Waals surface area (Å²) in [7, 11) is 0. The number of aromatic nitrogens is 1. The summed E-state index contributed by atoms with van der Waals surface area (Å²) in [4.78, 5) is 33.6. The minimum atomic E-state index is -0.167. The number of hydrogen-bond donors (Lipinski definition) is 1. The number of carbonyl (C=O) groups excluding carboxylic acids is 2. The smallest absolute Gasteiger partial charge is 0.323 e. The van der Waals surface area contributed by atoms with Gasteiger partial charge in [-0.1, -0.05) is 36.5 Å². The van der Waals surface area contributed by atoms with Crippen LogP contribution in [0, 0.1) is 0 Å². The zero-order chi connectivity index (χ0) is 20.9. The zero-order valence-electron chi connectivity index (χ0n) is 16.7. The van der Waals surface area contributed by atoms with Crippen LogP contribution in [0.2, 0.25) is 0 Å². The summed E-state index contributed by atoms with van der Waals surface area (Å²) >= 11 is 7.48. The van der Waals surface area contributed by atoms with Crippen molar-refractivity contribution in [3.05, 3.63) is 53.1 Å². The number of anilines is 1. The van der Waals surface area contributed by atoms with Crippen molar-refractivity contribution in [1.29, 1.82) is 0 Å². The lowest BCUT2D eigenvalue weighted by atomic mass is 10.1. The van der Waals surface area contributed by atoms with Crippen LogP contribution in [-0.4, -0.2) is 58.3 Å². The van der Waals surface area contributed by atoms with Crippen LogP contribution >= 0.6 is 22.9 Å². The first-order valence-electron chi connectivity index (χ1n) is 10.3. The lowest BCUT2D eigenvalue weighted by Crippen LogP contribution is -2.39. The van der Waals surface area contributed by atoms with Crippen LogP contribution in [0.1, 0.15) is 31.4 Å². The molecule has 1 unspecified atom stereocenters. The molecule has 30 heavy (non-hydrogen) atoms. The van der Waals surface area contributed by atoms with Crippen LogP contribution in [0.15, 0.2) is 47.4 Å². The molecule has 8 heteroatoms. The van der Waals surface area contributed by atoms with Crippen molar-refractivity contribution < 1.29 is 9.59 Å². The van der Waals surface area contributed by atoms with Crippen LogP contribution in [-0.2, 0) is 4.79 Å². The number of alkyl halides is 1. The van der Waals surface area contributed by atoms with E-state index in [2.05, 4.69) is 28.5 Å². The Bertz CT molecular complexity index is 933. The minimum absolute atomic E-state index is 0.00968. The highest BCUT2D eigenvalue weighted by molar-refractivity contribution is 7.14. The van der Waals surface area contributed by atoms with Crippen LogP contribution in [0.3, 0.4) is 0 Å². The Morgan fingerprint density at radius 1 is 1.10 bits per heavy atom. The Morgan fingerprint density at radius 3 is 2.70 bits per heavy atom. The molecule has 1 saturated heterocycles. The van der Waals surface area contributed by atoms with Gasteiger partial charge in [0.1, 0.15) is 0 Å². The lowest BCUT2D eigenvalue weighted by Gasteiger charge is -2.23. The number of carbonyl (C=O) groups is 2. The van der Waals surface area contributed by atoms with Gasteiger partial charge in [-0.2, -0.15) is 0 Å². The molecule has 3 amide bonds. The van der Waals surface area contributed by atoms with Crippen molar-refractivity contribution in [3.63, 3.8) is 0 Å². The van der Waals surface area contributed by atoms with E-state index in [0.29, 0.717) is 43.3 Å². The van der Waals surface area contributed by atoms with Gasteiger partial charge in [0.15, 0.2) is 5.13 Å². The topological polar surface area (TPSA) is 65.5 Å². The lowest BCUT2D eigenvalue weighted by molar-refractivity contribution is -0.126. The molecule has 0 bridgehead atoms. The van der Waals surface area contributed by atoms with Gasteiger partial charge >= 0.3 is 6.03 Å². The fourth-order valence-corrected chi connectivity index (χ4v) is 4.57. The van der Waals surface area contributed by atoms with E-state index in [1.165, 1.54) is 11.3 Å². The number of urea groups is 1. The van der Waals surface area contributed by atoms with Gasteiger partial charge in [-0.25, -0.2) is 9.78 Å². The van der Waals surface area contributed by atoms with E-state index < -0.39 is 0 Å². The monoisotopic (exact) mass is 444 g/mol. The van der Waals surface area contributed by atoms with Crippen molar-refractivity contribution in [2.24, 2.45) is 0 Å². The molecule has 1 atom stereocenters. The number of nitrogens with zero attached hydrogens (tertiary/aromatic N) is 3. The van der Waals surface area contributed by atoms with Crippen molar-refractivity contribution >= 4 is 45.6 Å². The highest BCUT2D eigenvalue weighted by Gasteiger charge is 2.24. The largest absolute Gasteiger partial charge is 0.337 e. The molecule has 1 N–H and O–H groups in total. The number of thiazole rings is 1. The second kappa shape index (κ2) is 9.62. The summed E-state index contributed by atoms with van der Waals surface area (Å²) in [6.45, 7) is 2.27. The third-order valence-corrected chi connectivity index (χ3v) is 6.45. The highest BCUT2D eigenvalue weighted by atomic mass is 35.5. The normalized spacial score (nSPS) is 21.7. The third kappa shape index (κ3) is 5.02. The SMILES string of the molecule is O=C(Nc1nc(C2=CCCC=C2)cs1)N1CCCN(C(=O)C2=CCC(Cl)C=C2)CC1. The molecular formula is C22H25ClN4O2S. The molecule has 6 nitrogen and oxygen atoms in total. The maximum atomic E-state index is 12.8. The summed E-state index contributed by atoms with van der Waals surface area (Å²) in [5.74, 6) is 0.00968. The number of halogens is 1. The maximum absolute atomic E-state index is 12.8. The van der Waals surface area contributed by atoms with Crippen LogP contribution in [0.4, 0.5) is 9.93 Å². The Kier molecular flexibility index (Phi) is 6.69. The second-order valence-electron chi connectivity index (χ2n) is 7.51. The molecule has 3 aliphatic rings. The van der Waals surface area contributed by atoms with Gasteiger partial charge in [0.25, 0.3) is 5.91 Å². The molecule has 1 aromatic rings. The predicted molar refractivity (Wildman–Crippen MR) is 122 cm³/mol. The Morgan fingerprint density at radius 2 is 1.93 bits per heavy atom. The van der Waals surface area contributed by atoms with Crippen molar-refractivity contribution in [2.75, 3.05) is 31.5 Å². The van der Waals surface area contributed by atoms with E-state index >= 15 is 0 Å². The van der Waals surface area contributed by atoms with Crippen molar-refractivity contribution in [3.8, 4) is 0 Å². The van der Waals surface area contributed by atoms with E-state index in [9.17, 15) is 9.59 Å². The number of allylic oxidation sites excluding steroid dienone is 6. The van der Waals surface area contributed by atoms with Gasteiger partial charge in [0.05, 0.1) is 11.1 Å². The molecule has 2 aliphatic carbocycles. The maximum Gasteiger partial charge on any atom is 0.323 e. The number of nitrogens with one attached hydrogen (secondary N) is 1. The molecule has 4 rings (SSSR count). The van der Waals surface area contributed by atoms with Crippen LogP contribution in [0.25, 0.3) is 5.57 Å². The fraction of sp³-hybridized carbons (Fsp3) is 0.409. The average Bonchev–Trinajstić information content (AvgIpc) is 3.09. The molecule has 2 heterocycles. The molecule has 0 aromatic carbocycles.